The normalized spacial score (nSPS) is 9.94. The highest BCUT2D eigenvalue weighted by Gasteiger charge is 2.07. The Morgan fingerprint density at radius 3 is 2.88 bits per heavy atom. The SMILES string of the molecule is C#CCCSc1nnnn1-c1ccccc1. The molecule has 0 N–H and O–H groups in total. The number of thioether (sulfide) groups is 1. The van der Waals surface area contributed by atoms with Crippen LogP contribution < -0.4 is 0 Å². The Labute approximate surface area is 98.1 Å². The zero-order valence-corrected chi connectivity index (χ0v) is 9.39. The molecule has 0 aliphatic rings. The molecule has 0 unspecified atom stereocenters. The van der Waals surface area contributed by atoms with Crippen molar-refractivity contribution in [1.82, 2.24) is 20.2 Å². The number of tetrazole rings is 1. The Hall–Kier alpha value is -1.80. The van der Waals surface area contributed by atoms with Crippen LogP contribution in [-0.2, 0) is 0 Å². The summed E-state index contributed by atoms with van der Waals surface area (Å²) in [6, 6.07) is 9.78. The zero-order chi connectivity index (χ0) is 11.2. The summed E-state index contributed by atoms with van der Waals surface area (Å²) in [6.07, 6.45) is 5.91. The molecular formula is C11H10N4S. The van der Waals surface area contributed by atoms with Crippen LogP contribution in [0, 0.1) is 12.3 Å². The molecule has 2 rings (SSSR count). The summed E-state index contributed by atoms with van der Waals surface area (Å²) in [7, 11) is 0. The summed E-state index contributed by atoms with van der Waals surface area (Å²) < 4.78 is 1.71. The number of rotatable bonds is 4. The first-order valence-corrected chi connectivity index (χ1v) is 5.80. The van der Waals surface area contributed by atoms with E-state index in [0.717, 1.165) is 16.6 Å². The summed E-state index contributed by atoms with van der Waals surface area (Å²) >= 11 is 1.56. The minimum Gasteiger partial charge on any atom is -0.188 e. The molecule has 1 aromatic carbocycles. The van der Waals surface area contributed by atoms with E-state index in [0.29, 0.717) is 6.42 Å². The zero-order valence-electron chi connectivity index (χ0n) is 8.58. The van der Waals surface area contributed by atoms with Gasteiger partial charge in [0.25, 0.3) is 0 Å². The first kappa shape index (κ1) is 10.7. The van der Waals surface area contributed by atoms with Crippen molar-refractivity contribution in [2.75, 3.05) is 5.75 Å². The molecule has 0 atom stereocenters. The van der Waals surface area contributed by atoms with E-state index in [1.165, 1.54) is 0 Å². The highest BCUT2D eigenvalue weighted by atomic mass is 32.2. The average Bonchev–Trinajstić information content (AvgIpc) is 2.79. The van der Waals surface area contributed by atoms with Crippen LogP contribution >= 0.6 is 11.8 Å². The van der Waals surface area contributed by atoms with Crippen molar-refractivity contribution in [3.8, 4) is 18.0 Å². The summed E-state index contributed by atoms with van der Waals surface area (Å²) in [6.45, 7) is 0. The maximum absolute atomic E-state index is 5.20. The molecule has 1 heterocycles. The van der Waals surface area contributed by atoms with E-state index < -0.39 is 0 Å². The molecule has 80 valence electrons. The van der Waals surface area contributed by atoms with E-state index in [1.807, 2.05) is 30.3 Å². The van der Waals surface area contributed by atoms with Gasteiger partial charge in [-0.2, -0.15) is 4.68 Å². The molecule has 2 aromatic rings. The molecule has 1 aromatic heterocycles. The molecule has 0 spiro atoms. The van der Waals surface area contributed by atoms with Gasteiger partial charge in [-0.1, -0.05) is 30.0 Å². The maximum Gasteiger partial charge on any atom is 0.214 e. The maximum atomic E-state index is 5.20. The number of hydrogen-bond acceptors (Lipinski definition) is 4. The second-order valence-corrected chi connectivity index (χ2v) is 4.07. The van der Waals surface area contributed by atoms with Gasteiger partial charge in [-0.25, -0.2) is 0 Å². The quantitative estimate of drug-likeness (QED) is 0.456. The number of terminal acetylenes is 1. The molecule has 4 nitrogen and oxygen atoms in total. The fraction of sp³-hybridized carbons (Fsp3) is 0.182. The third-order valence-electron chi connectivity index (χ3n) is 1.92. The molecule has 0 amide bonds. The minimum atomic E-state index is 0.715. The van der Waals surface area contributed by atoms with Crippen LogP contribution in [-0.4, -0.2) is 26.0 Å². The Morgan fingerprint density at radius 1 is 1.31 bits per heavy atom. The highest BCUT2D eigenvalue weighted by molar-refractivity contribution is 7.99. The monoisotopic (exact) mass is 230 g/mol. The molecular weight excluding hydrogens is 220 g/mol. The summed E-state index contributed by atoms with van der Waals surface area (Å²) in [5.74, 6) is 3.41. The van der Waals surface area contributed by atoms with E-state index >= 15 is 0 Å². The molecule has 5 heteroatoms. The van der Waals surface area contributed by atoms with Crippen molar-refractivity contribution in [1.29, 1.82) is 0 Å². The smallest absolute Gasteiger partial charge is 0.188 e. The second kappa shape index (κ2) is 5.33. The third-order valence-corrected chi connectivity index (χ3v) is 2.84. The van der Waals surface area contributed by atoms with Crippen LogP contribution in [0.4, 0.5) is 0 Å². The lowest BCUT2D eigenvalue weighted by Gasteiger charge is -2.02. The van der Waals surface area contributed by atoms with Crippen LogP contribution in [0.5, 0.6) is 0 Å². The fourth-order valence-electron chi connectivity index (χ4n) is 1.20. The lowest BCUT2D eigenvalue weighted by Crippen LogP contribution is -1.98. The van der Waals surface area contributed by atoms with Crippen molar-refractivity contribution < 1.29 is 0 Å². The van der Waals surface area contributed by atoms with Crippen LogP contribution in [0.25, 0.3) is 5.69 Å². The molecule has 0 aliphatic heterocycles. The highest BCUT2D eigenvalue weighted by Crippen LogP contribution is 2.18. The number of para-hydroxylation sites is 1. The van der Waals surface area contributed by atoms with Gasteiger partial charge in [0.15, 0.2) is 0 Å². The Bertz CT molecular complexity index is 486. The standard InChI is InChI=1S/C11H10N4S/c1-2-3-9-16-11-12-13-14-15(11)10-7-5-4-6-8-10/h1,4-8H,3,9H2. The van der Waals surface area contributed by atoms with Crippen molar-refractivity contribution in [3.05, 3.63) is 30.3 Å². The number of hydrogen-bond donors (Lipinski definition) is 0. The van der Waals surface area contributed by atoms with Crippen molar-refractivity contribution in [2.45, 2.75) is 11.6 Å². The number of aromatic nitrogens is 4. The minimum absolute atomic E-state index is 0.715. The van der Waals surface area contributed by atoms with Gasteiger partial charge >= 0.3 is 0 Å². The third kappa shape index (κ3) is 2.41. The van der Waals surface area contributed by atoms with Gasteiger partial charge in [0.2, 0.25) is 5.16 Å². The molecule has 0 bridgehead atoms. The topological polar surface area (TPSA) is 43.6 Å². The lowest BCUT2D eigenvalue weighted by atomic mass is 10.3. The molecule has 0 fully saturated rings. The predicted molar refractivity (Wildman–Crippen MR) is 63.3 cm³/mol. The largest absolute Gasteiger partial charge is 0.214 e. The Kier molecular flexibility index (Phi) is 3.57. The van der Waals surface area contributed by atoms with Gasteiger partial charge in [0, 0.05) is 12.2 Å². The molecule has 16 heavy (non-hydrogen) atoms. The second-order valence-electron chi connectivity index (χ2n) is 3.01. The molecule has 0 saturated carbocycles. The molecule has 0 radical (unpaired) electrons. The summed E-state index contributed by atoms with van der Waals surface area (Å²) in [5, 5.41) is 12.3. The van der Waals surface area contributed by atoms with Crippen LogP contribution in [0.15, 0.2) is 35.5 Å². The summed E-state index contributed by atoms with van der Waals surface area (Å²) in [4.78, 5) is 0. The lowest BCUT2D eigenvalue weighted by molar-refractivity contribution is 0.756. The van der Waals surface area contributed by atoms with Crippen molar-refractivity contribution in [2.24, 2.45) is 0 Å². The van der Waals surface area contributed by atoms with E-state index in [9.17, 15) is 0 Å². The van der Waals surface area contributed by atoms with E-state index in [1.54, 1.807) is 16.4 Å². The van der Waals surface area contributed by atoms with Crippen molar-refractivity contribution in [3.63, 3.8) is 0 Å². The van der Waals surface area contributed by atoms with Gasteiger partial charge in [-0.3, -0.25) is 0 Å². The van der Waals surface area contributed by atoms with Gasteiger partial charge < -0.3 is 0 Å². The van der Waals surface area contributed by atoms with Gasteiger partial charge in [-0.05, 0) is 22.6 Å². The van der Waals surface area contributed by atoms with Crippen LogP contribution in [0.3, 0.4) is 0 Å². The van der Waals surface area contributed by atoms with E-state index in [-0.39, 0.29) is 0 Å². The first-order chi connectivity index (χ1) is 7.92. The van der Waals surface area contributed by atoms with Gasteiger partial charge in [-0.15, -0.1) is 17.4 Å². The van der Waals surface area contributed by atoms with Gasteiger partial charge in [0.05, 0.1) is 5.69 Å². The Morgan fingerprint density at radius 2 is 2.12 bits per heavy atom. The number of nitrogens with zero attached hydrogens (tertiary/aromatic N) is 4. The van der Waals surface area contributed by atoms with Crippen molar-refractivity contribution >= 4 is 11.8 Å². The summed E-state index contributed by atoms with van der Waals surface area (Å²) in [5.41, 5.74) is 0.954. The van der Waals surface area contributed by atoms with Crippen LogP contribution in [0.2, 0.25) is 0 Å². The first-order valence-electron chi connectivity index (χ1n) is 4.82. The predicted octanol–water partition coefficient (Wildman–Crippen LogP) is 1.78. The number of benzene rings is 1. The fourth-order valence-corrected chi connectivity index (χ4v) is 1.96. The molecule has 0 saturated heterocycles. The molecule has 0 aliphatic carbocycles. The van der Waals surface area contributed by atoms with E-state index in [4.69, 9.17) is 6.42 Å². The van der Waals surface area contributed by atoms with Gasteiger partial charge in [0.1, 0.15) is 0 Å². The van der Waals surface area contributed by atoms with E-state index in [2.05, 4.69) is 21.4 Å². The Balaban J connectivity index is 2.17. The average molecular weight is 230 g/mol. The van der Waals surface area contributed by atoms with Crippen LogP contribution in [0.1, 0.15) is 6.42 Å².